The number of methoxy groups -OCH3 is 2. The van der Waals surface area contributed by atoms with Gasteiger partial charge < -0.3 is 24.4 Å². The molecule has 0 radical (unpaired) electrons. The molecular weight excluding hydrogens is 514 g/mol. The van der Waals surface area contributed by atoms with Crippen LogP contribution in [0.2, 0.25) is 0 Å². The van der Waals surface area contributed by atoms with Crippen molar-refractivity contribution in [2.45, 2.75) is 32.9 Å². The Bertz CT molecular complexity index is 1400. The van der Waals surface area contributed by atoms with E-state index in [9.17, 15) is 19.2 Å². The number of nitrogens with one attached hydrogen (secondary N) is 1. The first-order valence-corrected chi connectivity index (χ1v) is 12.7. The van der Waals surface area contributed by atoms with E-state index < -0.39 is 29.9 Å². The van der Waals surface area contributed by atoms with Gasteiger partial charge in [0.25, 0.3) is 5.91 Å². The molecule has 3 aromatic rings. The molecule has 1 heterocycles. The van der Waals surface area contributed by atoms with Gasteiger partial charge in [-0.3, -0.25) is 9.59 Å². The molecule has 1 fully saturated rings. The van der Waals surface area contributed by atoms with Gasteiger partial charge in [-0.25, -0.2) is 14.5 Å². The summed E-state index contributed by atoms with van der Waals surface area (Å²) in [5.41, 5.74) is 2.90. The number of urea groups is 1. The summed E-state index contributed by atoms with van der Waals surface area (Å²) in [6, 6.07) is 16.9. The summed E-state index contributed by atoms with van der Waals surface area (Å²) in [5, 5.41) is 2.75. The van der Waals surface area contributed by atoms with Crippen molar-refractivity contribution in [1.29, 1.82) is 0 Å². The van der Waals surface area contributed by atoms with E-state index in [0.29, 0.717) is 34.0 Å². The summed E-state index contributed by atoms with van der Waals surface area (Å²) in [5.74, 6) is -0.409. The Kier molecular flexibility index (Phi) is 8.68. The number of ether oxygens (including phenoxy) is 3. The summed E-state index contributed by atoms with van der Waals surface area (Å²) in [4.78, 5) is 54.6. The van der Waals surface area contributed by atoms with E-state index >= 15 is 0 Å². The fraction of sp³-hybridized carbons (Fsp3) is 0.267. The molecule has 1 N–H and O–H groups in total. The molecule has 0 aliphatic carbocycles. The fourth-order valence-corrected chi connectivity index (χ4v) is 4.41. The van der Waals surface area contributed by atoms with Crippen molar-refractivity contribution >= 4 is 35.2 Å². The van der Waals surface area contributed by atoms with E-state index in [4.69, 9.17) is 14.2 Å². The van der Waals surface area contributed by atoms with E-state index in [0.717, 1.165) is 10.5 Å². The summed E-state index contributed by atoms with van der Waals surface area (Å²) in [6.45, 7) is 3.95. The number of hydrogen-bond acceptors (Lipinski definition) is 7. The number of carbonyl (C=O) groups excluding carboxylic acids is 4. The number of hydrogen-bond donors (Lipinski definition) is 1. The van der Waals surface area contributed by atoms with Crippen LogP contribution in [-0.2, 0) is 20.9 Å². The quantitative estimate of drug-likeness (QED) is 0.294. The number of benzene rings is 3. The molecule has 1 atom stereocenters. The van der Waals surface area contributed by atoms with Crippen LogP contribution in [0.1, 0.15) is 34.8 Å². The molecule has 4 rings (SSSR count). The Morgan fingerprint density at radius 3 is 2.20 bits per heavy atom. The maximum Gasteiger partial charge on any atom is 0.338 e. The van der Waals surface area contributed by atoms with Gasteiger partial charge in [-0.1, -0.05) is 23.8 Å². The van der Waals surface area contributed by atoms with Crippen LogP contribution < -0.4 is 19.7 Å². The molecule has 1 unspecified atom stereocenters. The van der Waals surface area contributed by atoms with Crippen molar-refractivity contribution < 1.29 is 33.4 Å². The third kappa shape index (κ3) is 6.06. The number of carbonyl (C=O) groups is 4. The predicted octanol–water partition coefficient (Wildman–Crippen LogP) is 4.56. The van der Waals surface area contributed by atoms with Crippen LogP contribution >= 0.6 is 0 Å². The Labute approximate surface area is 232 Å². The van der Waals surface area contributed by atoms with Crippen molar-refractivity contribution in [2.24, 2.45) is 0 Å². The second kappa shape index (κ2) is 12.3. The van der Waals surface area contributed by atoms with Gasteiger partial charge in [-0.05, 0) is 67.9 Å². The van der Waals surface area contributed by atoms with Crippen molar-refractivity contribution in [1.82, 2.24) is 4.90 Å². The highest BCUT2D eigenvalue weighted by atomic mass is 16.5. The summed E-state index contributed by atoms with van der Waals surface area (Å²) in [6.07, 6.45) is -0.264. The van der Waals surface area contributed by atoms with Gasteiger partial charge in [0.05, 0.1) is 38.5 Å². The van der Waals surface area contributed by atoms with Crippen LogP contribution in [0.5, 0.6) is 11.5 Å². The molecular formula is C30H31N3O7. The van der Waals surface area contributed by atoms with Crippen molar-refractivity contribution in [3.05, 3.63) is 83.4 Å². The largest absolute Gasteiger partial charge is 0.493 e. The van der Waals surface area contributed by atoms with Crippen LogP contribution in [0.3, 0.4) is 0 Å². The average molecular weight is 546 g/mol. The minimum Gasteiger partial charge on any atom is -0.493 e. The van der Waals surface area contributed by atoms with Gasteiger partial charge in [-0.15, -0.1) is 0 Å². The second-order valence-corrected chi connectivity index (χ2v) is 9.17. The highest BCUT2D eigenvalue weighted by molar-refractivity contribution is 6.22. The minimum absolute atomic E-state index is 0.0689. The predicted molar refractivity (Wildman–Crippen MR) is 149 cm³/mol. The highest BCUT2D eigenvalue weighted by Crippen LogP contribution is 2.32. The fourth-order valence-electron chi connectivity index (χ4n) is 4.41. The molecule has 3 aromatic carbocycles. The number of imide groups is 1. The smallest absolute Gasteiger partial charge is 0.338 e. The SMILES string of the molecule is CCOC(=O)c1ccc(NC(=O)CC2C(=O)N(c3ccc(C)cc3)C(=O)N2Cc2ccc(OC)c(OC)c2)cc1. The van der Waals surface area contributed by atoms with E-state index in [2.05, 4.69) is 5.32 Å². The Hall–Kier alpha value is -4.86. The third-order valence-corrected chi connectivity index (χ3v) is 6.47. The maximum atomic E-state index is 13.6. The number of aryl methyl sites for hydroxylation is 1. The van der Waals surface area contributed by atoms with E-state index in [1.807, 2.05) is 19.1 Å². The average Bonchev–Trinajstić information content (AvgIpc) is 3.17. The number of anilines is 2. The van der Waals surface area contributed by atoms with E-state index in [1.165, 1.54) is 19.1 Å². The zero-order valence-corrected chi connectivity index (χ0v) is 22.8. The minimum atomic E-state index is -1.04. The number of esters is 1. The number of nitrogens with zero attached hydrogens (tertiary/aromatic N) is 2. The van der Waals surface area contributed by atoms with Crippen molar-refractivity contribution in [3.8, 4) is 11.5 Å². The molecule has 0 aromatic heterocycles. The number of amides is 4. The molecule has 1 saturated heterocycles. The molecule has 0 saturated carbocycles. The molecule has 1 aliphatic heterocycles. The van der Waals surface area contributed by atoms with Crippen molar-refractivity contribution in [3.63, 3.8) is 0 Å². The normalized spacial score (nSPS) is 14.8. The topological polar surface area (TPSA) is 114 Å². The summed E-state index contributed by atoms with van der Waals surface area (Å²) >= 11 is 0. The number of rotatable bonds is 10. The van der Waals surface area contributed by atoms with Crippen LogP contribution in [0.25, 0.3) is 0 Å². The first-order valence-electron chi connectivity index (χ1n) is 12.7. The van der Waals surface area contributed by atoms with Crippen LogP contribution in [0, 0.1) is 6.92 Å². The Morgan fingerprint density at radius 2 is 1.57 bits per heavy atom. The van der Waals surface area contributed by atoms with Gasteiger partial charge >= 0.3 is 12.0 Å². The lowest BCUT2D eigenvalue weighted by atomic mass is 10.1. The molecule has 0 spiro atoms. The third-order valence-electron chi connectivity index (χ3n) is 6.47. The molecule has 40 heavy (non-hydrogen) atoms. The molecule has 10 heteroatoms. The van der Waals surface area contributed by atoms with Gasteiger partial charge in [0.15, 0.2) is 11.5 Å². The summed E-state index contributed by atoms with van der Waals surface area (Å²) in [7, 11) is 3.04. The van der Waals surface area contributed by atoms with Gasteiger partial charge in [-0.2, -0.15) is 0 Å². The first kappa shape index (κ1) is 28.2. The zero-order valence-electron chi connectivity index (χ0n) is 22.8. The molecule has 1 aliphatic rings. The molecule has 10 nitrogen and oxygen atoms in total. The lowest BCUT2D eigenvalue weighted by Gasteiger charge is -2.22. The lowest BCUT2D eigenvalue weighted by Crippen LogP contribution is -2.37. The van der Waals surface area contributed by atoms with Gasteiger partial charge in [0, 0.05) is 12.2 Å². The highest BCUT2D eigenvalue weighted by Gasteiger charge is 2.46. The molecule has 208 valence electrons. The Morgan fingerprint density at radius 1 is 0.900 bits per heavy atom. The molecule has 0 bridgehead atoms. The lowest BCUT2D eigenvalue weighted by molar-refractivity contribution is -0.124. The van der Waals surface area contributed by atoms with Gasteiger partial charge in [0.2, 0.25) is 5.91 Å². The first-order chi connectivity index (χ1) is 19.2. The molecule has 4 amide bonds. The van der Waals surface area contributed by atoms with Gasteiger partial charge in [0.1, 0.15) is 6.04 Å². The monoisotopic (exact) mass is 545 g/mol. The van der Waals surface area contributed by atoms with Crippen LogP contribution in [0.15, 0.2) is 66.7 Å². The van der Waals surface area contributed by atoms with E-state index in [-0.39, 0.29) is 19.6 Å². The standard InChI is InChI=1S/C30H31N3O7/c1-5-40-29(36)21-9-11-22(12-10-21)31-27(34)17-24-28(35)33(23-13-6-19(2)7-14-23)30(37)32(24)18-20-8-15-25(38-3)26(16-20)39-4/h6-16,24H,5,17-18H2,1-4H3,(H,31,34). The zero-order chi connectivity index (χ0) is 28.8. The van der Waals surface area contributed by atoms with E-state index in [1.54, 1.807) is 61.5 Å². The maximum absolute atomic E-state index is 13.6. The van der Waals surface area contributed by atoms with Crippen LogP contribution in [0.4, 0.5) is 16.2 Å². The Balaban J connectivity index is 1.57. The van der Waals surface area contributed by atoms with Crippen LogP contribution in [-0.4, -0.2) is 55.6 Å². The summed E-state index contributed by atoms with van der Waals surface area (Å²) < 4.78 is 15.7. The van der Waals surface area contributed by atoms with Crippen molar-refractivity contribution in [2.75, 3.05) is 31.0 Å². The second-order valence-electron chi connectivity index (χ2n) is 9.17.